The summed E-state index contributed by atoms with van der Waals surface area (Å²) in [5.41, 5.74) is 5.60. The SMILES string of the molecule is CC/N=c1/cc2oc3cc(N(CC)[Se]c4cccc(C(F)(F)F)c4)c(C)cc3c(-c3ccccc3C(=O)OCC)c-2cc1C. The average molecular weight is 666 g/mol. The van der Waals surface area contributed by atoms with Crippen molar-refractivity contribution in [1.29, 1.82) is 0 Å². The number of rotatable bonds is 8. The fraction of sp³-hybridized carbons (Fsp3) is 0.257. The minimum absolute atomic E-state index is 0.253. The van der Waals surface area contributed by atoms with E-state index in [1.165, 1.54) is 12.1 Å². The number of halogens is 3. The van der Waals surface area contributed by atoms with Gasteiger partial charge in [0.15, 0.2) is 0 Å². The van der Waals surface area contributed by atoms with Crippen LogP contribution in [-0.2, 0) is 10.9 Å². The summed E-state index contributed by atoms with van der Waals surface area (Å²) in [7, 11) is 0. The molecule has 3 aromatic carbocycles. The molecule has 0 amide bonds. The molecule has 9 heteroatoms. The Labute approximate surface area is 261 Å². The van der Waals surface area contributed by atoms with Crippen LogP contribution in [-0.4, -0.2) is 40.8 Å². The summed E-state index contributed by atoms with van der Waals surface area (Å²) >= 11 is -0.422. The molecule has 2 aliphatic rings. The van der Waals surface area contributed by atoms with E-state index >= 15 is 0 Å². The van der Waals surface area contributed by atoms with E-state index in [1.54, 1.807) is 19.1 Å². The third-order valence-electron chi connectivity index (χ3n) is 7.31. The van der Waals surface area contributed by atoms with Crippen molar-refractivity contribution in [2.45, 2.75) is 40.8 Å². The van der Waals surface area contributed by atoms with E-state index in [0.29, 0.717) is 34.5 Å². The van der Waals surface area contributed by atoms with Crippen LogP contribution in [0, 0.1) is 13.8 Å². The maximum atomic E-state index is 13.4. The monoisotopic (exact) mass is 666 g/mol. The first kappa shape index (κ1) is 31.4. The predicted molar refractivity (Wildman–Crippen MR) is 170 cm³/mol. The number of benzene rings is 4. The van der Waals surface area contributed by atoms with Crippen LogP contribution in [0.1, 0.15) is 47.8 Å². The quantitative estimate of drug-likeness (QED) is 0.0969. The Morgan fingerprint density at radius 1 is 0.932 bits per heavy atom. The summed E-state index contributed by atoms with van der Waals surface area (Å²) in [6, 6.07) is 20.9. The third-order valence-corrected chi connectivity index (χ3v) is 9.70. The van der Waals surface area contributed by atoms with Gasteiger partial charge < -0.3 is 0 Å². The summed E-state index contributed by atoms with van der Waals surface area (Å²) in [4.78, 5) is 17.7. The van der Waals surface area contributed by atoms with Gasteiger partial charge in [-0.05, 0) is 0 Å². The molecule has 0 fully saturated rings. The van der Waals surface area contributed by atoms with Crippen molar-refractivity contribution in [3.8, 4) is 22.5 Å². The van der Waals surface area contributed by atoms with Crippen LogP contribution in [0.2, 0.25) is 0 Å². The summed E-state index contributed by atoms with van der Waals surface area (Å²) in [6.45, 7) is 11.2. The first-order chi connectivity index (χ1) is 21.0. The number of alkyl halides is 3. The number of hydrogen-bond donors (Lipinski definition) is 0. The van der Waals surface area contributed by atoms with E-state index in [9.17, 15) is 18.0 Å². The normalized spacial score (nSPS) is 12.2. The van der Waals surface area contributed by atoms with E-state index in [4.69, 9.17) is 9.15 Å². The van der Waals surface area contributed by atoms with Crippen LogP contribution >= 0.6 is 0 Å². The van der Waals surface area contributed by atoms with Gasteiger partial charge in [0.2, 0.25) is 0 Å². The Bertz CT molecular complexity index is 1880. The Hall–Kier alpha value is -4.07. The Morgan fingerprint density at radius 3 is 2.41 bits per heavy atom. The summed E-state index contributed by atoms with van der Waals surface area (Å²) in [5, 5.41) is 1.64. The van der Waals surface area contributed by atoms with Gasteiger partial charge in [0, 0.05) is 0 Å². The molecule has 1 aliphatic heterocycles. The van der Waals surface area contributed by atoms with Gasteiger partial charge in [-0.3, -0.25) is 0 Å². The topological polar surface area (TPSA) is 55.0 Å². The Balaban J connectivity index is 1.75. The number of nitrogens with zero attached hydrogens (tertiary/aromatic N) is 2. The standard InChI is InChI=1S/C35H33F3N2O3Se/c1-6-39-29-19-31-27(16-21(29)4)33(25-14-9-10-15-26(25)34(41)42-8-3)28-17-22(5)30(20-32(28)43-31)40(7-2)44-24-13-11-12-23(18-24)35(36,37)38/h9-20H,6-8H2,1-5H3/b39-29-. The van der Waals surface area contributed by atoms with Crippen molar-refractivity contribution in [1.82, 2.24) is 0 Å². The number of carbonyl (C=O) groups excluding carboxylic acids is 1. The van der Waals surface area contributed by atoms with Crippen LogP contribution in [0.25, 0.3) is 33.4 Å². The molecule has 3 aromatic rings. The first-order valence-electron chi connectivity index (χ1n) is 14.5. The van der Waals surface area contributed by atoms with E-state index in [-0.39, 0.29) is 6.61 Å². The fourth-order valence-electron chi connectivity index (χ4n) is 5.31. The van der Waals surface area contributed by atoms with Gasteiger partial charge in [0.25, 0.3) is 0 Å². The molecule has 0 saturated heterocycles. The van der Waals surface area contributed by atoms with E-state index in [0.717, 1.165) is 50.3 Å². The van der Waals surface area contributed by atoms with Gasteiger partial charge in [0.1, 0.15) is 0 Å². The molecule has 228 valence electrons. The van der Waals surface area contributed by atoms with Gasteiger partial charge in [-0.15, -0.1) is 0 Å². The van der Waals surface area contributed by atoms with Crippen LogP contribution in [0.5, 0.6) is 0 Å². The molecule has 0 saturated carbocycles. The van der Waals surface area contributed by atoms with Crippen LogP contribution < -0.4 is 13.7 Å². The van der Waals surface area contributed by atoms with Crippen LogP contribution in [0.4, 0.5) is 18.9 Å². The summed E-state index contributed by atoms with van der Waals surface area (Å²) in [6.07, 6.45) is -4.40. The molecular weight excluding hydrogens is 632 g/mol. The van der Waals surface area contributed by atoms with E-state index < -0.39 is 32.9 Å². The zero-order valence-electron chi connectivity index (χ0n) is 25.2. The maximum absolute atomic E-state index is 13.4. The van der Waals surface area contributed by atoms with Crippen molar-refractivity contribution in [2.24, 2.45) is 4.99 Å². The zero-order valence-corrected chi connectivity index (χ0v) is 26.9. The number of fused-ring (bicyclic) bond motifs is 2. The predicted octanol–water partition coefficient (Wildman–Crippen LogP) is 7.71. The van der Waals surface area contributed by atoms with Crippen molar-refractivity contribution < 1.29 is 27.1 Å². The average Bonchev–Trinajstić information content (AvgIpc) is 2.99. The molecule has 0 spiro atoms. The molecular formula is C35H33F3N2O3Se. The molecule has 0 unspecified atom stereocenters. The van der Waals surface area contributed by atoms with Crippen molar-refractivity contribution in [3.05, 3.63) is 100 Å². The van der Waals surface area contributed by atoms with Crippen LogP contribution in [0.3, 0.4) is 0 Å². The molecule has 44 heavy (non-hydrogen) atoms. The van der Waals surface area contributed by atoms with E-state index in [2.05, 4.69) is 8.91 Å². The molecule has 5 nitrogen and oxygen atoms in total. The molecule has 0 N–H and O–H groups in total. The Morgan fingerprint density at radius 2 is 1.70 bits per heavy atom. The summed E-state index contributed by atoms with van der Waals surface area (Å²) < 4.78 is 55.0. The molecule has 0 bridgehead atoms. The molecule has 1 aliphatic carbocycles. The number of hydrogen-bond acceptors (Lipinski definition) is 5. The second-order valence-electron chi connectivity index (χ2n) is 10.3. The zero-order chi connectivity index (χ0) is 31.6. The summed E-state index contributed by atoms with van der Waals surface area (Å²) in [5.74, 6) is 0.207. The molecule has 1 heterocycles. The third kappa shape index (κ3) is 6.26. The Kier molecular flexibility index (Phi) is 9.18. The van der Waals surface area contributed by atoms with Gasteiger partial charge in [0.05, 0.1) is 0 Å². The van der Waals surface area contributed by atoms with Gasteiger partial charge in [-0.2, -0.15) is 0 Å². The van der Waals surface area contributed by atoms with Gasteiger partial charge >= 0.3 is 262 Å². The number of aryl methyl sites for hydroxylation is 2. The number of esters is 1. The minimum atomic E-state index is -4.40. The first-order valence-corrected chi connectivity index (χ1v) is 16.1. The molecule has 0 atom stereocenters. The number of anilines is 1. The van der Waals surface area contributed by atoms with Crippen LogP contribution in [0.15, 0.2) is 82.2 Å². The van der Waals surface area contributed by atoms with E-state index in [1.807, 2.05) is 70.2 Å². The number of ether oxygens (including phenoxy) is 1. The molecule has 5 rings (SSSR count). The van der Waals surface area contributed by atoms with Gasteiger partial charge in [-0.25, -0.2) is 0 Å². The fourth-order valence-corrected chi connectivity index (χ4v) is 7.40. The van der Waals surface area contributed by atoms with Crippen molar-refractivity contribution >= 4 is 42.3 Å². The van der Waals surface area contributed by atoms with Gasteiger partial charge in [-0.1, -0.05) is 0 Å². The molecule has 0 radical (unpaired) electrons. The second-order valence-corrected chi connectivity index (χ2v) is 12.6. The second kappa shape index (κ2) is 12.9. The van der Waals surface area contributed by atoms with Crippen molar-refractivity contribution in [3.63, 3.8) is 0 Å². The number of carbonyl (C=O) groups is 1. The van der Waals surface area contributed by atoms with Crippen molar-refractivity contribution in [2.75, 3.05) is 23.6 Å². The molecule has 0 aromatic heterocycles.